The molecule has 2 rings (SSSR count). The van der Waals surface area contributed by atoms with Crippen LogP contribution in [0.2, 0.25) is 0 Å². The van der Waals surface area contributed by atoms with Crippen molar-refractivity contribution in [3.8, 4) is 0 Å². The lowest BCUT2D eigenvalue weighted by atomic mass is 10.2. The number of aromatic nitrogens is 2. The van der Waals surface area contributed by atoms with Crippen LogP contribution in [0.1, 0.15) is 24.8 Å². The van der Waals surface area contributed by atoms with E-state index in [1.165, 1.54) is 12.1 Å². The van der Waals surface area contributed by atoms with Crippen LogP contribution in [0, 0.1) is 12.7 Å². The van der Waals surface area contributed by atoms with Crippen molar-refractivity contribution in [2.24, 2.45) is 0 Å². The van der Waals surface area contributed by atoms with E-state index in [2.05, 4.69) is 27.8 Å². The smallest absolute Gasteiger partial charge is 0.320 e. The molecule has 0 aliphatic heterocycles. The third kappa shape index (κ3) is 3.75. The Kier molecular flexibility index (Phi) is 4.46. The number of benzene rings is 1. The summed E-state index contributed by atoms with van der Waals surface area (Å²) in [5, 5.41) is 13.9. The van der Waals surface area contributed by atoms with Crippen LogP contribution in [0.15, 0.2) is 22.6 Å². The summed E-state index contributed by atoms with van der Waals surface area (Å²) < 4.78 is 18.6. The average molecular weight is 264 g/mol. The van der Waals surface area contributed by atoms with Crippen molar-refractivity contribution < 1.29 is 8.81 Å². The molecule has 0 fully saturated rings. The topological polar surface area (TPSA) is 63.0 Å². The Morgan fingerprint density at radius 3 is 2.95 bits per heavy atom. The average Bonchev–Trinajstić information content (AvgIpc) is 2.82. The highest BCUT2D eigenvalue weighted by Gasteiger charge is 2.07. The standard InChI is InChI=1S/C13H17FN4O/c1-3-6-15-8-12-17-18-13(19-12)16-11-7-10(14)5-4-9(11)2/h4-5,7,15H,3,6,8H2,1-2H3,(H,16,18). The molecule has 0 radical (unpaired) electrons. The van der Waals surface area contributed by atoms with E-state index in [0.29, 0.717) is 18.1 Å². The van der Waals surface area contributed by atoms with Crippen molar-refractivity contribution in [3.63, 3.8) is 0 Å². The van der Waals surface area contributed by atoms with E-state index in [1.54, 1.807) is 6.07 Å². The minimum atomic E-state index is -0.308. The summed E-state index contributed by atoms with van der Waals surface area (Å²) in [6.07, 6.45) is 1.04. The third-order valence-corrected chi connectivity index (χ3v) is 2.61. The Morgan fingerprint density at radius 1 is 1.32 bits per heavy atom. The van der Waals surface area contributed by atoms with Crippen molar-refractivity contribution in [1.82, 2.24) is 15.5 Å². The van der Waals surface area contributed by atoms with Gasteiger partial charge in [-0.2, -0.15) is 0 Å². The molecule has 0 bridgehead atoms. The van der Waals surface area contributed by atoms with Crippen LogP contribution in [0.25, 0.3) is 0 Å². The molecular weight excluding hydrogens is 247 g/mol. The first kappa shape index (κ1) is 13.5. The molecule has 1 aromatic carbocycles. The first-order valence-corrected chi connectivity index (χ1v) is 6.25. The molecule has 2 aromatic rings. The molecule has 1 heterocycles. The van der Waals surface area contributed by atoms with Gasteiger partial charge >= 0.3 is 6.01 Å². The highest BCUT2D eigenvalue weighted by Crippen LogP contribution is 2.20. The van der Waals surface area contributed by atoms with Gasteiger partial charge in [0.15, 0.2) is 0 Å². The number of hydrogen-bond acceptors (Lipinski definition) is 5. The zero-order chi connectivity index (χ0) is 13.7. The second-order valence-electron chi connectivity index (χ2n) is 4.26. The molecule has 0 aliphatic carbocycles. The predicted molar refractivity (Wildman–Crippen MR) is 70.7 cm³/mol. The molecule has 0 atom stereocenters. The van der Waals surface area contributed by atoms with Crippen LogP contribution in [0.4, 0.5) is 16.1 Å². The van der Waals surface area contributed by atoms with Gasteiger partial charge in [0.2, 0.25) is 5.89 Å². The van der Waals surface area contributed by atoms with Gasteiger partial charge in [0.05, 0.1) is 6.54 Å². The van der Waals surface area contributed by atoms with Crippen molar-refractivity contribution in [2.75, 3.05) is 11.9 Å². The first-order valence-electron chi connectivity index (χ1n) is 6.25. The van der Waals surface area contributed by atoms with Gasteiger partial charge in [-0.1, -0.05) is 18.1 Å². The second kappa shape index (κ2) is 6.29. The maximum Gasteiger partial charge on any atom is 0.320 e. The summed E-state index contributed by atoms with van der Waals surface area (Å²) in [7, 11) is 0. The van der Waals surface area contributed by atoms with E-state index in [4.69, 9.17) is 4.42 Å². The summed E-state index contributed by atoms with van der Waals surface area (Å²) >= 11 is 0. The second-order valence-corrected chi connectivity index (χ2v) is 4.26. The van der Waals surface area contributed by atoms with Gasteiger partial charge in [0.1, 0.15) is 5.82 Å². The van der Waals surface area contributed by atoms with Crippen LogP contribution in [0.5, 0.6) is 0 Å². The van der Waals surface area contributed by atoms with Gasteiger partial charge < -0.3 is 15.1 Å². The van der Waals surface area contributed by atoms with E-state index >= 15 is 0 Å². The predicted octanol–water partition coefficient (Wildman–Crippen LogP) is 2.76. The molecule has 0 aliphatic rings. The van der Waals surface area contributed by atoms with Crippen LogP contribution in [-0.2, 0) is 6.54 Å². The molecule has 5 nitrogen and oxygen atoms in total. The largest absolute Gasteiger partial charge is 0.406 e. The molecule has 2 N–H and O–H groups in total. The minimum Gasteiger partial charge on any atom is -0.406 e. The number of anilines is 2. The number of aryl methyl sites for hydroxylation is 1. The lowest BCUT2D eigenvalue weighted by Crippen LogP contribution is -2.13. The Labute approximate surface area is 111 Å². The summed E-state index contributed by atoms with van der Waals surface area (Å²) in [4.78, 5) is 0. The quantitative estimate of drug-likeness (QED) is 0.785. The van der Waals surface area contributed by atoms with Gasteiger partial charge in [-0.3, -0.25) is 0 Å². The Hall–Kier alpha value is -1.95. The normalized spacial score (nSPS) is 10.7. The van der Waals surface area contributed by atoms with Gasteiger partial charge in [-0.05, 0) is 37.6 Å². The Bertz CT molecular complexity index is 541. The molecule has 0 amide bonds. The van der Waals surface area contributed by atoms with Gasteiger partial charge in [0, 0.05) is 5.69 Å². The summed E-state index contributed by atoms with van der Waals surface area (Å²) in [5.41, 5.74) is 1.53. The maximum atomic E-state index is 13.1. The first-order chi connectivity index (χ1) is 9.19. The minimum absolute atomic E-state index is 0.266. The zero-order valence-corrected chi connectivity index (χ0v) is 11.0. The number of halogens is 1. The van der Waals surface area contributed by atoms with Crippen molar-refractivity contribution in [2.45, 2.75) is 26.8 Å². The van der Waals surface area contributed by atoms with Gasteiger partial charge in [-0.15, -0.1) is 5.10 Å². The fourth-order valence-corrected chi connectivity index (χ4v) is 1.59. The van der Waals surface area contributed by atoms with Crippen molar-refractivity contribution in [3.05, 3.63) is 35.5 Å². The Balaban J connectivity index is 2.01. The number of nitrogens with one attached hydrogen (secondary N) is 2. The lowest BCUT2D eigenvalue weighted by Gasteiger charge is -2.05. The summed E-state index contributed by atoms with van der Waals surface area (Å²) in [6.45, 7) is 5.39. The third-order valence-electron chi connectivity index (χ3n) is 2.61. The molecule has 0 spiro atoms. The van der Waals surface area contributed by atoms with E-state index in [9.17, 15) is 4.39 Å². The van der Waals surface area contributed by atoms with Crippen LogP contribution in [0.3, 0.4) is 0 Å². The monoisotopic (exact) mass is 264 g/mol. The van der Waals surface area contributed by atoms with E-state index < -0.39 is 0 Å². The number of hydrogen-bond donors (Lipinski definition) is 2. The Morgan fingerprint density at radius 2 is 2.16 bits per heavy atom. The van der Waals surface area contributed by atoms with E-state index in [0.717, 1.165) is 18.5 Å². The van der Waals surface area contributed by atoms with Crippen LogP contribution >= 0.6 is 0 Å². The van der Waals surface area contributed by atoms with E-state index in [-0.39, 0.29) is 11.8 Å². The molecule has 0 unspecified atom stereocenters. The SMILES string of the molecule is CCCNCc1nnc(Nc2cc(F)ccc2C)o1. The lowest BCUT2D eigenvalue weighted by molar-refractivity contribution is 0.479. The summed E-state index contributed by atoms with van der Waals surface area (Å²) in [6, 6.07) is 4.77. The maximum absolute atomic E-state index is 13.1. The highest BCUT2D eigenvalue weighted by molar-refractivity contribution is 5.56. The molecule has 6 heteroatoms. The zero-order valence-electron chi connectivity index (χ0n) is 11.0. The summed E-state index contributed by atoms with van der Waals surface area (Å²) in [5.74, 6) is 0.197. The van der Waals surface area contributed by atoms with Gasteiger partial charge in [-0.25, -0.2) is 4.39 Å². The number of nitrogens with zero attached hydrogens (tertiary/aromatic N) is 2. The molecule has 0 saturated carbocycles. The fraction of sp³-hybridized carbons (Fsp3) is 0.385. The molecule has 102 valence electrons. The van der Waals surface area contributed by atoms with Crippen LogP contribution < -0.4 is 10.6 Å². The molecule has 1 aromatic heterocycles. The molecular formula is C13H17FN4O. The van der Waals surface area contributed by atoms with Crippen molar-refractivity contribution >= 4 is 11.7 Å². The number of rotatable bonds is 6. The molecule has 19 heavy (non-hydrogen) atoms. The van der Waals surface area contributed by atoms with Gasteiger partial charge in [0.25, 0.3) is 0 Å². The highest BCUT2D eigenvalue weighted by atomic mass is 19.1. The molecule has 0 saturated heterocycles. The van der Waals surface area contributed by atoms with Crippen molar-refractivity contribution in [1.29, 1.82) is 0 Å². The fourth-order valence-electron chi connectivity index (χ4n) is 1.59. The van der Waals surface area contributed by atoms with Crippen LogP contribution in [-0.4, -0.2) is 16.7 Å². The van der Waals surface area contributed by atoms with E-state index in [1.807, 2.05) is 6.92 Å².